The Hall–Kier alpha value is -2.64. The van der Waals surface area contributed by atoms with Gasteiger partial charge in [0, 0.05) is 29.6 Å². The monoisotopic (exact) mass is 425 g/mol. The number of amides is 1. The van der Waals surface area contributed by atoms with E-state index < -0.39 is 4.92 Å². The molecule has 7 heteroatoms. The summed E-state index contributed by atoms with van der Waals surface area (Å²) in [5, 5.41) is 13.6. The van der Waals surface area contributed by atoms with Crippen LogP contribution in [0.4, 0.5) is 5.69 Å². The average Bonchev–Trinajstić information content (AvgIpc) is 2.74. The van der Waals surface area contributed by atoms with Crippen LogP contribution in [0.1, 0.15) is 50.2 Å². The number of hydrazine groups is 1. The molecule has 0 radical (unpaired) electrons. The first kappa shape index (κ1) is 22.1. The molecule has 1 heterocycles. The lowest BCUT2D eigenvalue weighted by Crippen LogP contribution is -2.45. The van der Waals surface area contributed by atoms with Crippen LogP contribution < -0.4 is 5.43 Å². The maximum absolute atomic E-state index is 12.6. The third-order valence-electron chi connectivity index (χ3n) is 5.15. The van der Waals surface area contributed by atoms with Gasteiger partial charge in [-0.2, -0.15) is 0 Å². The maximum atomic E-state index is 12.6. The van der Waals surface area contributed by atoms with Gasteiger partial charge >= 0.3 is 0 Å². The van der Waals surface area contributed by atoms with Crippen molar-refractivity contribution in [2.45, 2.75) is 48.8 Å². The summed E-state index contributed by atoms with van der Waals surface area (Å²) in [7, 11) is 0. The first-order valence-electron chi connectivity index (χ1n) is 10.2. The molecule has 0 atom stereocenters. The van der Waals surface area contributed by atoms with Crippen molar-refractivity contribution in [1.29, 1.82) is 0 Å². The molecule has 6 nitrogen and oxygen atoms in total. The highest BCUT2D eigenvalue weighted by Gasteiger charge is 2.21. The van der Waals surface area contributed by atoms with Crippen LogP contribution in [0.3, 0.4) is 0 Å². The predicted molar refractivity (Wildman–Crippen MR) is 120 cm³/mol. The van der Waals surface area contributed by atoms with Gasteiger partial charge in [0.1, 0.15) is 0 Å². The SMILES string of the molecule is C=C(C(=O)NN1CCCCC1)c1ccc(Sc2ccccc2C(C)C)c([N+](=O)[O-])c1. The second-order valence-electron chi connectivity index (χ2n) is 7.70. The number of carbonyl (C=O) groups excluding carboxylic acids is 1. The second-order valence-corrected chi connectivity index (χ2v) is 8.79. The van der Waals surface area contributed by atoms with Crippen molar-refractivity contribution in [3.63, 3.8) is 0 Å². The summed E-state index contributed by atoms with van der Waals surface area (Å²) in [5.41, 5.74) is 4.66. The van der Waals surface area contributed by atoms with Crippen molar-refractivity contribution in [1.82, 2.24) is 10.4 Å². The van der Waals surface area contributed by atoms with Gasteiger partial charge in [0.25, 0.3) is 11.6 Å². The molecule has 1 saturated heterocycles. The van der Waals surface area contributed by atoms with Gasteiger partial charge in [-0.3, -0.25) is 20.3 Å². The molecule has 0 unspecified atom stereocenters. The second kappa shape index (κ2) is 9.91. The molecule has 3 rings (SSSR count). The zero-order chi connectivity index (χ0) is 21.7. The Kier molecular flexibility index (Phi) is 7.29. The topological polar surface area (TPSA) is 75.5 Å². The van der Waals surface area contributed by atoms with Gasteiger partial charge in [-0.1, -0.05) is 62.9 Å². The van der Waals surface area contributed by atoms with Gasteiger partial charge < -0.3 is 0 Å². The lowest BCUT2D eigenvalue weighted by molar-refractivity contribution is -0.387. The lowest BCUT2D eigenvalue weighted by atomic mass is 10.0. The van der Waals surface area contributed by atoms with Crippen molar-refractivity contribution >= 4 is 28.9 Å². The van der Waals surface area contributed by atoms with Crippen LogP contribution >= 0.6 is 11.8 Å². The molecular formula is C23H27N3O3S. The summed E-state index contributed by atoms with van der Waals surface area (Å²) in [4.78, 5) is 25.4. The summed E-state index contributed by atoms with van der Waals surface area (Å²) in [6.45, 7) is 9.69. The van der Waals surface area contributed by atoms with E-state index in [9.17, 15) is 14.9 Å². The van der Waals surface area contributed by atoms with Crippen LogP contribution in [0.25, 0.3) is 5.57 Å². The molecule has 1 amide bonds. The molecule has 0 saturated carbocycles. The Balaban J connectivity index is 1.82. The number of benzene rings is 2. The van der Waals surface area contributed by atoms with Crippen molar-refractivity contribution in [3.8, 4) is 0 Å². The molecule has 30 heavy (non-hydrogen) atoms. The molecular weight excluding hydrogens is 398 g/mol. The number of hydrogen-bond acceptors (Lipinski definition) is 5. The molecule has 158 valence electrons. The Morgan fingerprint density at radius 2 is 1.83 bits per heavy atom. The van der Waals surface area contributed by atoms with E-state index in [1.807, 2.05) is 29.3 Å². The molecule has 2 aromatic rings. The van der Waals surface area contributed by atoms with E-state index in [0.29, 0.717) is 16.4 Å². The summed E-state index contributed by atoms with van der Waals surface area (Å²) < 4.78 is 0. The number of nitrogens with zero attached hydrogens (tertiary/aromatic N) is 2. The van der Waals surface area contributed by atoms with E-state index in [1.165, 1.54) is 24.2 Å². The minimum absolute atomic E-state index is 0.0250. The minimum atomic E-state index is -0.403. The van der Waals surface area contributed by atoms with Crippen LogP contribution in [-0.4, -0.2) is 28.9 Å². The minimum Gasteiger partial charge on any atom is -0.285 e. The summed E-state index contributed by atoms with van der Waals surface area (Å²) in [6.07, 6.45) is 3.25. The third-order valence-corrected chi connectivity index (χ3v) is 6.31. The van der Waals surface area contributed by atoms with Crippen LogP contribution in [0.5, 0.6) is 0 Å². The Labute approximate surface area is 181 Å². The molecule has 0 bridgehead atoms. The van der Waals surface area contributed by atoms with Gasteiger partial charge in [-0.05, 0) is 42.0 Å². The zero-order valence-corrected chi connectivity index (χ0v) is 18.2. The molecule has 0 spiro atoms. The van der Waals surface area contributed by atoms with E-state index in [-0.39, 0.29) is 17.2 Å². The smallest absolute Gasteiger partial charge is 0.283 e. The lowest BCUT2D eigenvalue weighted by Gasteiger charge is -2.27. The van der Waals surface area contributed by atoms with E-state index in [0.717, 1.165) is 36.4 Å². The average molecular weight is 426 g/mol. The normalized spacial score (nSPS) is 14.5. The Bertz CT molecular complexity index is 952. The van der Waals surface area contributed by atoms with Crippen molar-refractivity contribution in [3.05, 3.63) is 70.3 Å². The number of piperidine rings is 1. The number of nitro benzene ring substituents is 1. The number of carbonyl (C=O) groups is 1. The van der Waals surface area contributed by atoms with Crippen LogP contribution in [0.2, 0.25) is 0 Å². The van der Waals surface area contributed by atoms with Gasteiger partial charge in [-0.15, -0.1) is 0 Å². The fourth-order valence-corrected chi connectivity index (χ4v) is 4.63. The number of rotatable bonds is 7. The van der Waals surface area contributed by atoms with E-state index in [4.69, 9.17) is 0 Å². The first-order chi connectivity index (χ1) is 14.4. The van der Waals surface area contributed by atoms with Crippen molar-refractivity contribution in [2.24, 2.45) is 0 Å². The van der Waals surface area contributed by atoms with Gasteiger partial charge in [0.15, 0.2) is 0 Å². The fraction of sp³-hybridized carbons (Fsp3) is 0.348. The van der Waals surface area contributed by atoms with Crippen LogP contribution in [0, 0.1) is 10.1 Å². The summed E-state index contributed by atoms with van der Waals surface area (Å²) in [5.74, 6) is -0.0120. The number of nitro groups is 1. The van der Waals surface area contributed by atoms with E-state index in [2.05, 4.69) is 25.9 Å². The molecule has 0 aromatic heterocycles. The molecule has 1 aliphatic heterocycles. The Morgan fingerprint density at radius 1 is 1.13 bits per heavy atom. The predicted octanol–water partition coefficient (Wildman–Crippen LogP) is 5.40. The molecule has 2 aromatic carbocycles. The van der Waals surface area contributed by atoms with Gasteiger partial charge in [-0.25, -0.2) is 5.01 Å². The highest BCUT2D eigenvalue weighted by molar-refractivity contribution is 7.99. The van der Waals surface area contributed by atoms with E-state index in [1.54, 1.807) is 12.1 Å². The number of hydrogen-bond donors (Lipinski definition) is 1. The molecule has 1 N–H and O–H groups in total. The molecule has 0 aliphatic carbocycles. The fourth-order valence-electron chi connectivity index (χ4n) is 3.45. The Morgan fingerprint density at radius 3 is 2.50 bits per heavy atom. The quantitative estimate of drug-likeness (QED) is 0.365. The van der Waals surface area contributed by atoms with Crippen LogP contribution in [0.15, 0.2) is 58.8 Å². The summed E-state index contributed by atoms with van der Waals surface area (Å²) >= 11 is 1.37. The highest BCUT2D eigenvalue weighted by Crippen LogP contribution is 2.39. The van der Waals surface area contributed by atoms with Gasteiger partial charge in [0.2, 0.25) is 0 Å². The number of nitrogens with one attached hydrogen (secondary N) is 1. The third kappa shape index (κ3) is 5.29. The van der Waals surface area contributed by atoms with Crippen molar-refractivity contribution in [2.75, 3.05) is 13.1 Å². The standard InChI is InChI=1S/C23H27N3O3S/c1-16(2)19-9-5-6-10-21(19)30-22-12-11-18(15-20(22)26(28)29)17(3)23(27)24-25-13-7-4-8-14-25/h5-6,9-12,15-16H,3-4,7-8,13-14H2,1-2H3,(H,24,27). The van der Waals surface area contributed by atoms with Crippen molar-refractivity contribution < 1.29 is 9.72 Å². The molecule has 1 fully saturated rings. The van der Waals surface area contributed by atoms with Crippen LogP contribution in [-0.2, 0) is 4.79 Å². The zero-order valence-electron chi connectivity index (χ0n) is 17.4. The van der Waals surface area contributed by atoms with E-state index >= 15 is 0 Å². The first-order valence-corrected chi connectivity index (χ1v) is 11.0. The summed E-state index contributed by atoms with van der Waals surface area (Å²) in [6, 6.07) is 12.8. The van der Waals surface area contributed by atoms with Gasteiger partial charge in [0.05, 0.1) is 9.82 Å². The molecule has 1 aliphatic rings. The largest absolute Gasteiger partial charge is 0.285 e. The highest BCUT2D eigenvalue weighted by atomic mass is 32.2. The maximum Gasteiger partial charge on any atom is 0.283 e.